The van der Waals surface area contributed by atoms with E-state index in [0.29, 0.717) is 5.69 Å². The molecule has 7 nitrogen and oxygen atoms in total. The average molecular weight is 329 g/mol. The van der Waals surface area contributed by atoms with Crippen molar-refractivity contribution in [3.63, 3.8) is 0 Å². The van der Waals surface area contributed by atoms with Gasteiger partial charge < -0.3 is 15.4 Å². The normalized spacial score (nSPS) is 9.50. The molecule has 2 rings (SSSR count). The number of ketones is 1. The molecular weight excluding hydrogens is 310 g/mol. The van der Waals surface area contributed by atoms with Gasteiger partial charge in [-0.2, -0.15) is 0 Å². The van der Waals surface area contributed by atoms with Crippen LogP contribution >= 0.6 is 0 Å². The van der Waals surface area contributed by atoms with E-state index >= 15 is 0 Å². The number of aromatic nitrogens is 1. The van der Waals surface area contributed by atoms with Crippen LogP contribution in [0.1, 0.15) is 47.2 Å². The largest absolute Gasteiger partial charge is 0.367 e. The summed E-state index contributed by atoms with van der Waals surface area (Å²) in [6.45, 7) is 6.68. The van der Waals surface area contributed by atoms with Crippen molar-refractivity contribution in [2.75, 3.05) is 5.32 Å². The van der Waals surface area contributed by atoms with Gasteiger partial charge >= 0.3 is 5.82 Å². The summed E-state index contributed by atoms with van der Waals surface area (Å²) in [5, 5.41) is 13.5. The Labute approximate surface area is 139 Å². The minimum Gasteiger partial charge on any atom is -0.358 e. The fraction of sp³-hybridized carbons (Fsp3) is 0.235. The molecule has 0 bridgehead atoms. The Hall–Kier alpha value is -3.09. The topological polar surface area (TPSA) is 102 Å². The first kappa shape index (κ1) is 19.0. The van der Waals surface area contributed by atoms with Crippen molar-refractivity contribution in [1.29, 1.82) is 0 Å². The second kappa shape index (κ2) is 8.52. The Bertz CT molecular complexity index is 758. The highest BCUT2D eigenvalue weighted by Gasteiger charge is 2.26. The van der Waals surface area contributed by atoms with Crippen molar-refractivity contribution >= 4 is 23.2 Å². The molecule has 1 heterocycles. The van der Waals surface area contributed by atoms with E-state index in [-0.39, 0.29) is 16.8 Å². The molecule has 0 atom stereocenters. The smallest absolute Gasteiger partial charge is 0.358 e. The van der Waals surface area contributed by atoms with Crippen molar-refractivity contribution in [3.05, 3.63) is 63.3 Å². The summed E-state index contributed by atoms with van der Waals surface area (Å²) >= 11 is 0. The van der Waals surface area contributed by atoms with E-state index in [9.17, 15) is 19.7 Å². The van der Waals surface area contributed by atoms with Crippen LogP contribution in [0.2, 0.25) is 0 Å². The molecular formula is C17H19N3O4. The lowest BCUT2D eigenvalue weighted by Gasteiger charge is -2.07. The van der Waals surface area contributed by atoms with Gasteiger partial charge in [0.2, 0.25) is 11.5 Å². The lowest BCUT2D eigenvalue weighted by atomic mass is 10.1. The SMILES string of the molecule is CC.CC(=O)c1nc([N+](=O)[O-])c(C)cc1C(=O)Nc1ccccc1. The third-order valence-electron chi connectivity index (χ3n) is 2.97. The van der Waals surface area contributed by atoms with Gasteiger partial charge in [-0.1, -0.05) is 32.0 Å². The number of anilines is 1. The average Bonchev–Trinajstić information content (AvgIpc) is 2.56. The second-order valence-corrected chi connectivity index (χ2v) is 4.66. The molecule has 0 radical (unpaired) electrons. The standard InChI is InChI=1S/C15H13N3O4.C2H6/c1-9-8-12(13(10(2)19)17-14(9)18(21)22)15(20)16-11-6-4-3-5-7-11;1-2/h3-8H,1-2H3,(H,16,20);1-2H3. The van der Waals surface area contributed by atoms with Crippen molar-refractivity contribution in [2.45, 2.75) is 27.7 Å². The molecule has 7 heteroatoms. The van der Waals surface area contributed by atoms with Crippen LogP contribution in [0, 0.1) is 17.0 Å². The third kappa shape index (κ3) is 4.45. The minimum absolute atomic E-state index is 0.0134. The van der Waals surface area contributed by atoms with Gasteiger partial charge in [-0.3, -0.25) is 9.59 Å². The van der Waals surface area contributed by atoms with Crippen molar-refractivity contribution in [1.82, 2.24) is 4.98 Å². The molecule has 1 amide bonds. The number of nitrogens with one attached hydrogen (secondary N) is 1. The first-order chi connectivity index (χ1) is 11.4. The highest BCUT2D eigenvalue weighted by molar-refractivity contribution is 6.11. The minimum atomic E-state index is -0.680. The Morgan fingerprint density at radius 2 is 1.75 bits per heavy atom. The lowest BCUT2D eigenvalue weighted by Crippen LogP contribution is -2.18. The lowest BCUT2D eigenvalue weighted by molar-refractivity contribution is -0.390. The second-order valence-electron chi connectivity index (χ2n) is 4.66. The first-order valence-corrected chi connectivity index (χ1v) is 7.43. The Morgan fingerprint density at radius 3 is 2.25 bits per heavy atom. The first-order valence-electron chi connectivity index (χ1n) is 7.43. The molecule has 0 aliphatic carbocycles. The number of nitro groups is 1. The Morgan fingerprint density at radius 1 is 1.17 bits per heavy atom. The molecule has 0 fully saturated rings. The Balaban J connectivity index is 0.00000139. The number of benzene rings is 1. The van der Waals surface area contributed by atoms with E-state index in [2.05, 4.69) is 10.3 Å². The number of aryl methyl sites for hydroxylation is 1. The zero-order valence-corrected chi connectivity index (χ0v) is 14.0. The van der Waals surface area contributed by atoms with Crippen LogP contribution in [-0.2, 0) is 0 Å². The van der Waals surface area contributed by atoms with Gasteiger partial charge in [-0.25, -0.2) is 0 Å². The number of rotatable bonds is 4. The number of hydrogen-bond donors (Lipinski definition) is 1. The molecule has 1 N–H and O–H groups in total. The molecule has 0 saturated heterocycles. The van der Waals surface area contributed by atoms with Crippen LogP contribution in [0.25, 0.3) is 0 Å². The highest BCUT2D eigenvalue weighted by Crippen LogP contribution is 2.20. The number of Topliss-reactive ketones (excluding diaryl/α,β-unsaturated/α-hetero) is 1. The molecule has 126 valence electrons. The predicted octanol–water partition coefficient (Wildman–Crippen LogP) is 3.78. The third-order valence-corrected chi connectivity index (χ3v) is 2.97. The quantitative estimate of drug-likeness (QED) is 0.522. The molecule has 1 aromatic carbocycles. The fourth-order valence-electron chi connectivity index (χ4n) is 1.95. The number of hydrogen-bond acceptors (Lipinski definition) is 5. The van der Waals surface area contributed by atoms with Crippen LogP contribution in [-0.4, -0.2) is 21.6 Å². The molecule has 0 saturated carbocycles. The number of carbonyl (C=O) groups is 2. The van der Waals surface area contributed by atoms with E-state index in [1.165, 1.54) is 19.9 Å². The maximum atomic E-state index is 12.3. The summed E-state index contributed by atoms with van der Waals surface area (Å²) in [5.74, 6) is -1.48. The van der Waals surface area contributed by atoms with Crippen LogP contribution < -0.4 is 5.32 Å². The molecule has 0 aliphatic heterocycles. The summed E-state index contributed by atoms with van der Waals surface area (Å²) < 4.78 is 0. The van der Waals surface area contributed by atoms with E-state index < -0.39 is 22.4 Å². The van der Waals surface area contributed by atoms with Gasteiger partial charge in [0.05, 0.1) is 5.56 Å². The van der Waals surface area contributed by atoms with E-state index in [1.54, 1.807) is 30.3 Å². The molecule has 2 aromatic rings. The summed E-state index contributed by atoms with van der Waals surface area (Å²) in [5.41, 5.74) is 0.566. The van der Waals surface area contributed by atoms with Crippen LogP contribution in [0.5, 0.6) is 0 Å². The van der Waals surface area contributed by atoms with Crippen molar-refractivity contribution < 1.29 is 14.5 Å². The van der Waals surface area contributed by atoms with Crippen LogP contribution in [0.3, 0.4) is 0 Å². The van der Waals surface area contributed by atoms with Gasteiger partial charge in [-0.15, -0.1) is 0 Å². The number of para-hydroxylation sites is 1. The molecule has 0 spiro atoms. The predicted molar refractivity (Wildman–Crippen MR) is 91.4 cm³/mol. The monoisotopic (exact) mass is 329 g/mol. The van der Waals surface area contributed by atoms with Crippen LogP contribution in [0.15, 0.2) is 36.4 Å². The van der Waals surface area contributed by atoms with Gasteiger partial charge in [0.25, 0.3) is 5.91 Å². The van der Waals surface area contributed by atoms with Crippen molar-refractivity contribution in [2.24, 2.45) is 0 Å². The summed E-state index contributed by atoms with van der Waals surface area (Å²) in [6.07, 6.45) is 0. The maximum Gasteiger partial charge on any atom is 0.367 e. The zero-order valence-electron chi connectivity index (χ0n) is 14.0. The van der Waals surface area contributed by atoms with Gasteiger partial charge in [-0.05, 0) is 35.0 Å². The van der Waals surface area contributed by atoms with Gasteiger partial charge in [0, 0.05) is 18.2 Å². The highest BCUT2D eigenvalue weighted by atomic mass is 16.6. The summed E-state index contributed by atoms with van der Waals surface area (Å²) in [7, 11) is 0. The van der Waals surface area contributed by atoms with E-state index in [1.807, 2.05) is 13.8 Å². The number of pyridine rings is 1. The molecule has 1 aromatic heterocycles. The van der Waals surface area contributed by atoms with Gasteiger partial charge in [0.15, 0.2) is 0 Å². The molecule has 0 aliphatic rings. The number of nitrogens with zero attached hydrogens (tertiary/aromatic N) is 2. The van der Waals surface area contributed by atoms with Crippen LogP contribution in [0.4, 0.5) is 11.5 Å². The molecule has 24 heavy (non-hydrogen) atoms. The number of amides is 1. The maximum absolute atomic E-state index is 12.3. The summed E-state index contributed by atoms with van der Waals surface area (Å²) in [4.78, 5) is 37.9. The van der Waals surface area contributed by atoms with Gasteiger partial charge in [0.1, 0.15) is 0 Å². The Kier molecular flexibility index (Phi) is 6.73. The summed E-state index contributed by atoms with van der Waals surface area (Å²) in [6, 6.07) is 9.99. The van der Waals surface area contributed by atoms with E-state index in [4.69, 9.17) is 0 Å². The number of carbonyl (C=O) groups excluding carboxylic acids is 2. The van der Waals surface area contributed by atoms with Crippen molar-refractivity contribution in [3.8, 4) is 0 Å². The van der Waals surface area contributed by atoms with E-state index in [0.717, 1.165) is 0 Å². The molecule has 0 unspecified atom stereocenters. The zero-order chi connectivity index (χ0) is 18.3. The fourth-order valence-corrected chi connectivity index (χ4v) is 1.95.